The van der Waals surface area contributed by atoms with E-state index in [0.29, 0.717) is 0 Å². The van der Waals surface area contributed by atoms with E-state index in [1.54, 1.807) is 0 Å². The molecule has 1 aliphatic rings. The molecule has 0 aromatic carbocycles. The molecule has 0 N–H and O–H groups in total. The molecule has 0 aliphatic carbocycles. The average molecular weight is 255 g/mol. The van der Waals surface area contributed by atoms with Crippen molar-refractivity contribution in [2.75, 3.05) is 23.3 Å². The Bertz CT molecular complexity index is 297. The molecule has 1 fully saturated rings. The van der Waals surface area contributed by atoms with Gasteiger partial charge in [-0.1, -0.05) is 22.0 Å². The van der Waals surface area contributed by atoms with Gasteiger partial charge < -0.3 is 4.90 Å². The number of nitrogens with zero attached hydrogens (tertiary/aromatic N) is 2. The first-order chi connectivity index (χ1) is 6.79. The van der Waals surface area contributed by atoms with Gasteiger partial charge in [0, 0.05) is 24.6 Å². The molecule has 1 unspecified atom stereocenters. The van der Waals surface area contributed by atoms with Crippen LogP contribution in [0.4, 0.5) is 5.82 Å². The maximum absolute atomic E-state index is 4.44. The summed E-state index contributed by atoms with van der Waals surface area (Å²) in [6.07, 6.45) is 3.22. The van der Waals surface area contributed by atoms with Crippen LogP contribution in [0.1, 0.15) is 12.0 Å². The summed E-state index contributed by atoms with van der Waals surface area (Å²) in [5.74, 6) is 1.91. The van der Waals surface area contributed by atoms with Gasteiger partial charge in [-0.15, -0.1) is 0 Å². The maximum Gasteiger partial charge on any atom is 0.128 e. The van der Waals surface area contributed by atoms with Gasteiger partial charge in [0.1, 0.15) is 5.82 Å². The summed E-state index contributed by atoms with van der Waals surface area (Å²) < 4.78 is 0. The molecule has 0 bridgehead atoms. The highest BCUT2D eigenvalue weighted by Gasteiger charge is 2.21. The van der Waals surface area contributed by atoms with Crippen LogP contribution in [0.5, 0.6) is 0 Å². The molecule has 0 saturated carbocycles. The number of halogens is 1. The highest BCUT2D eigenvalue weighted by Crippen LogP contribution is 2.23. The number of rotatable bonds is 2. The van der Waals surface area contributed by atoms with E-state index in [0.717, 1.165) is 30.2 Å². The predicted molar refractivity (Wildman–Crippen MR) is 63.1 cm³/mol. The van der Waals surface area contributed by atoms with Gasteiger partial charge in [-0.25, -0.2) is 4.98 Å². The zero-order valence-electron chi connectivity index (χ0n) is 8.41. The van der Waals surface area contributed by atoms with E-state index in [1.165, 1.54) is 12.0 Å². The number of hydrogen-bond donors (Lipinski definition) is 0. The lowest BCUT2D eigenvalue weighted by molar-refractivity contribution is 0.675. The van der Waals surface area contributed by atoms with Crippen molar-refractivity contribution >= 4 is 21.7 Å². The Hall–Kier alpha value is -0.570. The molecule has 0 radical (unpaired) electrons. The van der Waals surface area contributed by atoms with Crippen LogP contribution in [-0.2, 0) is 0 Å². The van der Waals surface area contributed by atoms with E-state index in [2.05, 4.69) is 44.9 Å². The highest BCUT2D eigenvalue weighted by atomic mass is 79.9. The lowest BCUT2D eigenvalue weighted by Crippen LogP contribution is -2.20. The summed E-state index contributed by atoms with van der Waals surface area (Å²) in [5, 5.41) is 1.11. The molecule has 2 rings (SSSR count). The Morgan fingerprint density at radius 2 is 2.43 bits per heavy atom. The van der Waals surface area contributed by atoms with Gasteiger partial charge in [0.15, 0.2) is 0 Å². The van der Waals surface area contributed by atoms with Crippen molar-refractivity contribution in [2.45, 2.75) is 13.3 Å². The van der Waals surface area contributed by atoms with E-state index in [9.17, 15) is 0 Å². The molecule has 0 amide bonds. The summed E-state index contributed by atoms with van der Waals surface area (Å²) in [6, 6.07) is 4.25. The number of pyridine rings is 1. The first kappa shape index (κ1) is 9.97. The number of alkyl halides is 1. The summed E-state index contributed by atoms with van der Waals surface area (Å²) >= 11 is 3.54. The molecule has 1 aromatic heterocycles. The van der Waals surface area contributed by atoms with Crippen molar-refractivity contribution < 1.29 is 0 Å². The van der Waals surface area contributed by atoms with Crippen LogP contribution in [0.15, 0.2) is 18.3 Å². The summed E-state index contributed by atoms with van der Waals surface area (Å²) in [7, 11) is 0. The smallest absolute Gasteiger partial charge is 0.128 e. The minimum absolute atomic E-state index is 0.790. The Kier molecular flexibility index (Phi) is 3.06. The van der Waals surface area contributed by atoms with Crippen LogP contribution < -0.4 is 4.90 Å². The van der Waals surface area contributed by atoms with Gasteiger partial charge in [0.2, 0.25) is 0 Å². The standard InChI is InChI=1S/C11H15BrN2/c1-9-2-3-11(13-7-9)14-5-4-10(6-12)8-14/h2-3,7,10H,4-6,8H2,1H3. The van der Waals surface area contributed by atoms with Crippen LogP contribution in [0.25, 0.3) is 0 Å². The molecule has 1 saturated heterocycles. The summed E-state index contributed by atoms with van der Waals surface area (Å²) in [6.45, 7) is 4.36. The molecule has 1 atom stereocenters. The lowest BCUT2D eigenvalue weighted by Gasteiger charge is -2.16. The second kappa shape index (κ2) is 4.30. The molecule has 2 nitrogen and oxygen atoms in total. The van der Waals surface area contributed by atoms with Crippen LogP contribution in [0, 0.1) is 12.8 Å². The van der Waals surface area contributed by atoms with Crippen molar-refractivity contribution in [3.8, 4) is 0 Å². The number of hydrogen-bond acceptors (Lipinski definition) is 2. The van der Waals surface area contributed by atoms with Crippen LogP contribution in [0.3, 0.4) is 0 Å². The predicted octanol–water partition coefficient (Wildman–Crippen LogP) is 2.61. The lowest BCUT2D eigenvalue weighted by atomic mass is 10.2. The van der Waals surface area contributed by atoms with Crippen LogP contribution in [-0.4, -0.2) is 23.4 Å². The molecular formula is C11H15BrN2. The molecule has 1 aliphatic heterocycles. The van der Waals surface area contributed by atoms with Gasteiger partial charge in [-0.2, -0.15) is 0 Å². The second-order valence-electron chi connectivity index (χ2n) is 3.95. The van der Waals surface area contributed by atoms with Crippen LogP contribution in [0.2, 0.25) is 0 Å². The monoisotopic (exact) mass is 254 g/mol. The number of aromatic nitrogens is 1. The number of anilines is 1. The van der Waals surface area contributed by atoms with E-state index in [1.807, 2.05) is 6.20 Å². The highest BCUT2D eigenvalue weighted by molar-refractivity contribution is 9.09. The first-order valence-corrected chi connectivity index (χ1v) is 6.15. The van der Waals surface area contributed by atoms with E-state index >= 15 is 0 Å². The maximum atomic E-state index is 4.44. The normalized spacial score (nSPS) is 21.6. The molecule has 76 valence electrons. The largest absolute Gasteiger partial charge is 0.356 e. The van der Waals surface area contributed by atoms with Gasteiger partial charge in [0.25, 0.3) is 0 Å². The van der Waals surface area contributed by atoms with Crippen LogP contribution >= 0.6 is 15.9 Å². The number of aryl methyl sites for hydroxylation is 1. The minimum atomic E-state index is 0.790. The topological polar surface area (TPSA) is 16.1 Å². The minimum Gasteiger partial charge on any atom is -0.356 e. The average Bonchev–Trinajstić information content (AvgIpc) is 2.67. The molecule has 3 heteroatoms. The van der Waals surface area contributed by atoms with Gasteiger partial charge in [0.05, 0.1) is 0 Å². The van der Waals surface area contributed by atoms with E-state index in [4.69, 9.17) is 0 Å². The zero-order valence-corrected chi connectivity index (χ0v) is 10.00. The second-order valence-corrected chi connectivity index (χ2v) is 4.60. The molecule has 14 heavy (non-hydrogen) atoms. The zero-order chi connectivity index (χ0) is 9.97. The van der Waals surface area contributed by atoms with E-state index in [-0.39, 0.29) is 0 Å². The molecule has 0 spiro atoms. The van der Waals surface area contributed by atoms with Crippen molar-refractivity contribution in [3.63, 3.8) is 0 Å². The van der Waals surface area contributed by atoms with Crippen molar-refractivity contribution in [3.05, 3.63) is 23.9 Å². The first-order valence-electron chi connectivity index (χ1n) is 5.03. The fourth-order valence-electron chi connectivity index (χ4n) is 1.81. The Labute approximate surface area is 93.5 Å². The Balaban J connectivity index is 2.06. The fourth-order valence-corrected chi connectivity index (χ4v) is 2.34. The Morgan fingerprint density at radius 3 is 3.00 bits per heavy atom. The third kappa shape index (κ3) is 2.08. The molecule has 1 aromatic rings. The third-order valence-electron chi connectivity index (χ3n) is 2.72. The third-order valence-corrected chi connectivity index (χ3v) is 3.64. The van der Waals surface area contributed by atoms with Gasteiger partial charge >= 0.3 is 0 Å². The summed E-state index contributed by atoms with van der Waals surface area (Å²) in [4.78, 5) is 6.81. The summed E-state index contributed by atoms with van der Waals surface area (Å²) in [5.41, 5.74) is 1.23. The molecular weight excluding hydrogens is 240 g/mol. The quantitative estimate of drug-likeness (QED) is 0.755. The fraction of sp³-hybridized carbons (Fsp3) is 0.545. The van der Waals surface area contributed by atoms with Crippen molar-refractivity contribution in [1.82, 2.24) is 4.98 Å². The van der Waals surface area contributed by atoms with Crippen molar-refractivity contribution in [1.29, 1.82) is 0 Å². The van der Waals surface area contributed by atoms with Gasteiger partial charge in [-0.05, 0) is 30.9 Å². The van der Waals surface area contributed by atoms with Crippen molar-refractivity contribution in [2.24, 2.45) is 5.92 Å². The van der Waals surface area contributed by atoms with Gasteiger partial charge in [-0.3, -0.25) is 0 Å². The van der Waals surface area contributed by atoms with E-state index < -0.39 is 0 Å². The Morgan fingerprint density at radius 1 is 1.57 bits per heavy atom. The molecule has 2 heterocycles. The SMILES string of the molecule is Cc1ccc(N2CCC(CBr)C2)nc1.